The minimum atomic E-state index is -0.442. The average Bonchev–Trinajstić information content (AvgIpc) is 2.34. The van der Waals surface area contributed by atoms with Crippen LogP contribution in [0.1, 0.15) is 0 Å². The molecule has 3 nitrogen and oxygen atoms in total. The van der Waals surface area contributed by atoms with Gasteiger partial charge >= 0.3 is 0 Å². The number of ether oxygens (including phenoxy) is 1. The van der Waals surface area contributed by atoms with E-state index in [9.17, 15) is 4.39 Å². The van der Waals surface area contributed by atoms with Gasteiger partial charge in [-0.15, -0.1) is 0 Å². The molecule has 0 unspecified atom stereocenters. The molecule has 0 saturated carbocycles. The average molecular weight is 267 g/mol. The molecule has 2 rings (SSSR count). The summed E-state index contributed by atoms with van der Waals surface area (Å²) in [6.45, 7) is 0. The van der Waals surface area contributed by atoms with Gasteiger partial charge in [0, 0.05) is 16.8 Å². The Hall–Kier alpha value is -1.94. The smallest absolute Gasteiger partial charge is 0.167 e. The van der Waals surface area contributed by atoms with Crippen LogP contribution in [0.4, 0.5) is 21.5 Å². The highest BCUT2D eigenvalue weighted by Crippen LogP contribution is 2.28. The molecule has 2 aromatic carbocycles. The highest BCUT2D eigenvalue weighted by molar-refractivity contribution is 6.31. The molecule has 2 aromatic rings. The highest BCUT2D eigenvalue weighted by atomic mass is 35.5. The number of nitrogens with two attached hydrogens (primary N) is 1. The Morgan fingerprint density at radius 2 is 2.00 bits per heavy atom. The first-order chi connectivity index (χ1) is 8.60. The second kappa shape index (κ2) is 5.14. The molecule has 0 radical (unpaired) electrons. The van der Waals surface area contributed by atoms with E-state index in [0.29, 0.717) is 22.1 Å². The zero-order valence-corrected chi connectivity index (χ0v) is 10.5. The molecule has 0 aromatic heterocycles. The van der Waals surface area contributed by atoms with Crippen LogP contribution >= 0.6 is 11.6 Å². The summed E-state index contributed by atoms with van der Waals surface area (Å²) in [6.07, 6.45) is 0. The molecule has 0 heterocycles. The van der Waals surface area contributed by atoms with Gasteiger partial charge in [-0.25, -0.2) is 4.39 Å². The topological polar surface area (TPSA) is 47.3 Å². The van der Waals surface area contributed by atoms with Gasteiger partial charge < -0.3 is 15.8 Å². The fourth-order valence-electron chi connectivity index (χ4n) is 1.54. The third-order valence-electron chi connectivity index (χ3n) is 2.45. The standard InChI is InChI=1S/C13H12ClFN2O/c1-18-13-5-3-9(7-10(13)15)17-12-6-8(14)2-4-11(12)16/h2-7,17H,16H2,1H3. The van der Waals surface area contributed by atoms with E-state index < -0.39 is 5.82 Å². The molecule has 0 bridgehead atoms. The van der Waals surface area contributed by atoms with E-state index in [0.717, 1.165) is 0 Å². The summed E-state index contributed by atoms with van der Waals surface area (Å²) >= 11 is 5.87. The lowest BCUT2D eigenvalue weighted by atomic mass is 10.2. The van der Waals surface area contributed by atoms with Crippen molar-refractivity contribution in [2.45, 2.75) is 0 Å². The normalized spacial score (nSPS) is 10.2. The Labute approximate surface area is 109 Å². The van der Waals surface area contributed by atoms with E-state index in [1.807, 2.05) is 0 Å². The van der Waals surface area contributed by atoms with Crippen molar-refractivity contribution in [2.75, 3.05) is 18.2 Å². The third-order valence-corrected chi connectivity index (χ3v) is 2.68. The summed E-state index contributed by atoms with van der Waals surface area (Å²) in [5.41, 5.74) is 7.53. The van der Waals surface area contributed by atoms with Crippen LogP contribution in [0, 0.1) is 5.82 Å². The molecular formula is C13H12ClFN2O. The van der Waals surface area contributed by atoms with Gasteiger partial charge in [-0.2, -0.15) is 0 Å². The maximum absolute atomic E-state index is 13.5. The Kier molecular flexibility index (Phi) is 3.58. The summed E-state index contributed by atoms with van der Waals surface area (Å²) in [7, 11) is 1.42. The molecule has 3 N–H and O–H groups in total. The van der Waals surface area contributed by atoms with Crippen molar-refractivity contribution in [3.05, 3.63) is 47.2 Å². The molecule has 0 amide bonds. The summed E-state index contributed by atoms with van der Waals surface area (Å²) in [6, 6.07) is 9.63. The molecule has 0 fully saturated rings. The molecule has 5 heteroatoms. The fraction of sp³-hybridized carbons (Fsp3) is 0.0769. The maximum atomic E-state index is 13.5. The van der Waals surface area contributed by atoms with Crippen LogP contribution in [-0.4, -0.2) is 7.11 Å². The number of nitrogen functional groups attached to an aromatic ring is 1. The third kappa shape index (κ3) is 2.65. The zero-order valence-electron chi connectivity index (χ0n) is 9.71. The second-order valence-electron chi connectivity index (χ2n) is 3.71. The van der Waals surface area contributed by atoms with Crippen molar-refractivity contribution in [2.24, 2.45) is 0 Å². The number of halogens is 2. The van der Waals surface area contributed by atoms with Crippen molar-refractivity contribution in [3.63, 3.8) is 0 Å². The zero-order chi connectivity index (χ0) is 13.1. The van der Waals surface area contributed by atoms with Crippen molar-refractivity contribution in [3.8, 4) is 5.75 Å². The summed E-state index contributed by atoms with van der Waals surface area (Å²) in [4.78, 5) is 0. The molecule has 0 aliphatic heterocycles. The van der Waals surface area contributed by atoms with Crippen LogP contribution in [0.5, 0.6) is 5.75 Å². The van der Waals surface area contributed by atoms with Gasteiger partial charge in [0.25, 0.3) is 0 Å². The van der Waals surface area contributed by atoms with Gasteiger partial charge in [-0.3, -0.25) is 0 Å². The number of nitrogens with one attached hydrogen (secondary N) is 1. The monoisotopic (exact) mass is 266 g/mol. The minimum absolute atomic E-state index is 0.194. The van der Waals surface area contributed by atoms with Gasteiger partial charge in [0.1, 0.15) is 0 Å². The van der Waals surface area contributed by atoms with E-state index >= 15 is 0 Å². The van der Waals surface area contributed by atoms with E-state index in [1.54, 1.807) is 30.3 Å². The second-order valence-corrected chi connectivity index (χ2v) is 4.14. The van der Waals surface area contributed by atoms with Crippen LogP contribution < -0.4 is 15.8 Å². The van der Waals surface area contributed by atoms with Crippen molar-refractivity contribution in [1.82, 2.24) is 0 Å². The van der Waals surface area contributed by atoms with Gasteiger partial charge in [0.15, 0.2) is 11.6 Å². The number of methoxy groups -OCH3 is 1. The lowest BCUT2D eigenvalue weighted by Gasteiger charge is -2.10. The first kappa shape index (κ1) is 12.5. The van der Waals surface area contributed by atoms with E-state index in [1.165, 1.54) is 13.2 Å². The van der Waals surface area contributed by atoms with Crippen LogP contribution in [0.25, 0.3) is 0 Å². The predicted molar refractivity (Wildman–Crippen MR) is 72.1 cm³/mol. The van der Waals surface area contributed by atoms with Crippen LogP contribution in [0.3, 0.4) is 0 Å². The van der Waals surface area contributed by atoms with Crippen LogP contribution in [-0.2, 0) is 0 Å². The Morgan fingerprint density at radius 3 is 2.67 bits per heavy atom. The molecule has 18 heavy (non-hydrogen) atoms. The number of hydrogen-bond acceptors (Lipinski definition) is 3. The molecule has 0 aliphatic carbocycles. The number of rotatable bonds is 3. The summed E-state index contributed by atoms with van der Waals surface area (Å²) in [5, 5.41) is 3.56. The van der Waals surface area contributed by atoms with E-state index in [2.05, 4.69) is 5.32 Å². The SMILES string of the molecule is COc1ccc(Nc2cc(Cl)ccc2N)cc1F. The summed E-state index contributed by atoms with van der Waals surface area (Å²) < 4.78 is 18.4. The largest absolute Gasteiger partial charge is 0.494 e. The first-order valence-corrected chi connectivity index (χ1v) is 5.63. The molecular weight excluding hydrogens is 255 g/mol. The van der Waals surface area contributed by atoms with Crippen molar-refractivity contribution in [1.29, 1.82) is 0 Å². The lowest BCUT2D eigenvalue weighted by Crippen LogP contribution is -1.97. The Bertz CT molecular complexity index is 575. The molecule has 0 atom stereocenters. The van der Waals surface area contributed by atoms with Gasteiger partial charge in [0.05, 0.1) is 18.5 Å². The molecule has 0 spiro atoms. The van der Waals surface area contributed by atoms with Crippen molar-refractivity contribution >= 4 is 28.7 Å². The molecule has 0 saturated heterocycles. The lowest BCUT2D eigenvalue weighted by molar-refractivity contribution is 0.386. The van der Waals surface area contributed by atoms with Crippen LogP contribution in [0.15, 0.2) is 36.4 Å². The predicted octanol–water partition coefficient (Wildman–Crippen LogP) is 3.81. The Morgan fingerprint density at radius 1 is 1.22 bits per heavy atom. The Balaban J connectivity index is 2.28. The minimum Gasteiger partial charge on any atom is -0.494 e. The fourth-order valence-corrected chi connectivity index (χ4v) is 1.71. The van der Waals surface area contributed by atoms with Gasteiger partial charge in [0.2, 0.25) is 0 Å². The van der Waals surface area contributed by atoms with E-state index in [-0.39, 0.29) is 5.75 Å². The number of anilines is 3. The van der Waals surface area contributed by atoms with Gasteiger partial charge in [-0.05, 0) is 30.3 Å². The number of hydrogen-bond donors (Lipinski definition) is 2. The van der Waals surface area contributed by atoms with E-state index in [4.69, 9.17) is 22.1 Å². The number of benzene rings is 2. The quantitative estimate of drug-likeness (QED) is 0.831. The van der Waals surface area contributed by atoms with Gasteiger partial charge in [-0.1, -0.05) is 11.6 Å². The molecule has 0 aliphatic rings. The van der Waals surface area contributed by atoms with Crippen molar-refractivity contribution < 1.29 is 9.13 Å². The summed E-state index contributed by atoms with van der Waals surface area (Å²) in [5.74, 6) is -0.247. The van der Waals surface area contributed by atoms with Crippen LogP contribution in [0.2, 0.25) is 5.02 Å². The first-order valence-electron chi connectivity index (χ1n) is 5.26. The maximum Gasteiger partial charge on any atom is 0.167 e. The highest BCUT2D eigenvalue weighted by Gasteiger charge is 2.05. The molecule has 94 valence electrons.